The highest BCUT2D eigenvalue weighted by Gasteiger charge is 2.38. The smallest absolute Gasteiger partial charge is 0.475 e. The second-order valence-corrected chi connectivity index (χ2v) is 7.60. The lowest BCUT2D eigenvalue weighted by Gasteiger charge is -2.10. The van der Waals surface area contributed by atoms with Crippen LogP contribution in [0.5, 0.6) is 0 Å². The van der Waals surface area contributed by atoms with Gasteiger partial charge in [-0.15, -0.1) is 11.6 Å². The summed E-state index contributed by atoms with van der Waals surface area (Å²) in [6.45, 7) is 2.04. The fraction of sp³-hybridized carbons (Fsp3) is 0.375. The minimum atomic E-state index is -5.08. The highest BCUT2D eigenvalue weighted by Crippen LogP contribution is 2.16. The number of aromatic nitrogens is 2. The lowest BCUT2D eigenvalue weighted by Crippen LogP contribution is -2.21. The zero-order chi connectivity index (χ0) is 21.4. The van der Waals surface area contributed by atoms with Crippen molar-refractivity contribution in [3.8, 4) is 5.69 Å². The van der Waals surface area contributed by atoms with E-state index in [2.05, 4.69) is 9.71 Å². The Morgan fingerprint density at radius 2 is 1.86 bits per heavy atom. The molecule has 2 rings (SSSR count). The number of hydrogen-bond donors (Lipinski definition) is 2. The molecule has 0 bridgehead atoms. The summed E-state index contributed by atoms with van der Waals surface area (Å²) in [6, 6.07) is 7.21. The third kappa shape index (κ3) is 7.77. The number of alkyl halides is 4. The lowest BCUT2D eigenvalue weighted by atomic mass is 10.3. The molecule has 2 N–H and O–H groups in total. The average Bonchev–Trinajstić information content (AvgIpc) is 3.09. The summed E-state index contributed by atoms with van der Waals surface area (Å²) in [5, 5.41) is 7.12. The van der Waals surface area contributed by atoms with E-state index in [1.807, 2.05) is 29.8 Å². The summed E-state index contributed by atoms with van der Waals surface area (Å²) in [5.41, 5.74) is 1.50. The molecule has 156 valence electrons. The van der Waals surface area contributed by atoms with Gasteiger partial charge in [0.25, 0.3) is 0 Å². The van der Waals surface area contributed by atoms with Gasteiger partial charge in [-0.05, 0) is 30.7 Å². The standard InChI is InChI=1S/C14H18ClN3O2S.C2HF3O2/c1-2-14-16-9-10-18(14)13-6-4-12(5-7-13)17-21(19,20)11-3-8-15;3-2(4,5)1(6)7/h4-7,9-10,17H,2-3,8,11H2,1H3;(H,6,7). The molecule has 0 amide bonds. The number of carboxylic acid groups (broad SMARTS) is 1. The molecule has 28 heavy (non-hydrogen) atoms. The van der Waals surface area contributed by atoms with Crippen molar-refractivity contribution >= 4 is 33.3 Å². The number of carbonyl (C=O) groups is 1. The molecule has 7 nitrogen and oxygen atoms in total. The molecule has 1 aromatic heterocycles. The van der Waals surface area contributed by atoms with Gasteiger partial charge in [-0.1, -0.05) is 6.92 Å². The first-order valence-corrected chi connectivity index (χ1v) is 10.2. The first-order chi connectivity index (χ1) is 13.0. The molecule has 1 heterocycles. The molecule has 12 heteroatoms. The normalized spacial score (nSPS) is 11.5. The maximum Gasteiger partial charge on any atom is 0.490 e. The Morgan fingerprint density at radius 3 is 2.32 bits per heavy atom. The van der Waals surface area contributed by atoms with E-state index in [9.17, 15) is 21.6 Å². The number of hydrogen-bond acceptors (Lipinski definition) is 4. The maximum absolute atomic E-state index is 11.8. The van der Waals surface area contributed by atoms with Crippen molar-refractivity contribution in [3.05, 3.63) is 42.5 Å². The van der Waals surface area contributed by atoms with Gasteiger partial charge in [0, 0.05) is 36.1 Å². The SMILES string of the molecule is CCc1nccn1-c1ccc(NS(=O)(=O)CCCCl)cc1.O=C(O)C(F)(F)F. The quantitative estimate of drug-likeness (QED) is 0.641. The number of carboxylic acids is 1. The lowest BCUT2D eigenvalue weighted by molar-refractivity contribution is -0.192. The first-order valence-electron chi connectivity index (χ1n) is 7.99. The Hall–Kier alpha value is -2.27. The van der Waals surface area contributed by atoms with Crippen LogP contribution in [0.15, 0.2) is 36.7 Å². The molecule has 2 aromatic rings. The van der Waals surface area contributed by atoms with Crippen LogP contribution < -0.4 is 4.72 Å². The molecule has 0 saturated carbocycles. The topological polar surface area (TPSA) is 101 Å². The van der Waals surface area contributed by atoms with Crippen LogP contribution in [0, 0.1) is 0 Å². The summed E-state index contributed by atoms with van der Waals surface area (Å²) in [4.78, 5) is 13.2. The molecule has 0 aliphatic carbocycles. The van der Waals surface area contributed by atoms with E-state index in [1.54, 1.807) is 18.3 Å². The molecule has 0 radical (unpaired) electrons. The maximum atomic E-state index is 11.8. The van der Waals surface area contributed by atoms with Gasteiger partial charge in [-0.3, -0.25) is 4.72 Å². The van der Waals surface area contributed by atoms with Crippen LogP contribution in [0.4, 0.5) is 18.9 Å². The van der Waals surface area contributed by atoms with E-state index in [1.165, 1.54) is 0 Å². The van der Waals surface area contributed by atoms with Gasteiger partial charge in [0.05, 0.1) is 5.75 Å². The third-order valence-corrected chi connectivity index (χ3v) is 4.88. The van der Waals surface area contributed by atoms with Crippen LogP contribution in [-0.2, 0) is 21.2 Å². The molecule has 0 aliphatic rings. The Bertz CT molecular complexity index is 868. The number of nitrogens with one attached hydrogen (secondary N) is 1. The number of imidazole rings is 1. The Balaban J connectivity index is 0.000000480. The van der Waals surface area contributed by atoms with Crippen LogP contribution in [-0.4, -0.2) is 46.9 Å². The zero-order valence-corrected chi connectivity index (χ0v) is 16.4. The molecule has 0 aliphatic heterocycles. The van der Waals surface area contributed by atoms with E-state index in [4.69, 9.17) is 21.5 Å². The Labute approximate surface area is 165 Å². The van der Waals surface area contributed by atoms with Crippen molar-refractivity contribution in [1.29, 1.82) is 0 Å². The number of sulfonamides is 1. The van der Waals surface area contributed by atoms with E-state index in [0.717, 1.165) is 17.9 Å². The van der Waals surface area contributed by atoms with Gasteiger partial charge in [-0.2, -0.15) is 13.2 Å². The highest BCUT2D eigenvalue weighted by molar-refractivity contribution is 7.92. The third-order valence-electron chi connectivity index (χ3n) is 3.24. The van der Waals surface area contributed by atoms with Crippen molar-refractivity contribution in [2.75, 3.05) is 16.4 Å². The van der Waals surface area contributed by atoms with Gasteiger partial charge in [0.2, 0.25) is 10.0 Å². The largest absolute Gasteiger partial charge is 0.490 e. The van der Waals surface area contributed by atoms with E-state index >= 15 is 0 Å². The fourth-order valence-corrected chi connectivity index (χ4v) is 3.41. The van der Waals surface area contributed by atoms with Crippen molar-refractivity contribution in [2.24, 2.45) is 0 Å². The van der Waals surface area contributed by atoms with Crippen molar-refractivity contribution in [2.45, 2.75) is 25.9 Å². The number of aliphatic carboxylic acids is 1. The van der Waals surface area contributed by atoms with Crippen LogP contribution in [0.2, 0.25) is 0 Å². The Morgan fingerprint density at radius 1 is 1.29 bits per heavy atom. The number of benzene rings is 1. The summed E-state index contributed by atoms with van der Waals surface area (Å²) in [6.07, 6.45) is -0.177. The molecular weight excluding hydrogens is 423 g/mol. The van der Waals surface area contributed by atoms with Gasteiger partial charge in [0.15, 0.2) is 0 Å². The van der Waals surface area contributed by atoms with Gasteiger partial charge in [0.1, 0.15) is 5.82 Å². The minimum Gasteiger partial charge on any atom is -0.475 e. The zero-order valence-electron chi connectivity index (χ0n) is 14.8. The second-order valence-electron chi connectivity index (χ2n) is 5.38. The number of halogens is 4. The van der Waals surface area contributed by atoms with E-state index in [-0.39, 0.29) is 5.75 Å². The highest BCUT2D eigenvalue weighted by atomic mass is 35.5. The summed E-state index contributed by atoms with van der Waals surface area (Å²) < 4.78 is 59.8. The molecule has 0 fully saturated rings. The predicted molar refractivity (Wildman–Crippen MR) is 99.4 cm³/mol. The number of nitrogens with zero attached hydrogens (tertiary/aromatic N) is 2. The molecule has 0 spiro atoms. The minimum absolute atomic E-state index is 0.0275. The van der Waals surface area contributed by atoms with E-state index < -0.39 is 22.2 Å². The number of aryl methyl sites for hydroxylation is 1. The first kappa shape index (κ1) is 23.8. The molecule has 0 saturated heterocycles. The summed E-state index contributed by atoms with van der Waals surface area (Å²) in [7, 11) is -3.33. The van der Waals surface area contributed by atoms with Gasteiger partial charge >= 0.3 is 12.1 Å². The van der Waals surface area contributed by atoms with Gasteiger partial charge < -0.3 is 9.67 Å². The van der Waals surface area contributed by atoms with E-state index in [0.29, 0.717) is 18.0 Å². The fourth-order valence-electron chi connectivity index (χ4n) is 2.00. The van der Waals surface area contributed by atoms with Crippen LogP contribution in [0.25, 0.3) is 5.69 Å². The van der Waals surface area contributed by atoms with Crippen molar-refractivity contribution in [3.63, 3.8) is 0 Å². The van der Waals surface area contributed by atoms with Gasteiger partial charge in [-0.25, -0.2) is 18.2 Å². The summed E-state index contributed by atoms with van der Waals surface area (Å²) >= 11 is 5.52. The monoisotopic (exact) mass is 441 g/mol. The molecule has 0 atom stereocenters. The predicted octanol–water partition coefficient (Wildman–Crippen LogP) is 3.44. The van der Waals surface area contributed by atoms with Crippen LogP contribution in [0.3, 0.4) is 0 Å². The second kappa shape index (κ2) is 10.3. The Kier molecular flexibility index (Phi) is 8.76. The number of anilines is 1. The average molecular weight is 442 g/mol. The molecular formula is C16H19ClF3N3O4S. The van der Waals surface area contributed by atoms with Crippen LogP contribution >= 0.6 is 11.6 Å². The summed E-state index contributed by atoms with van der Waals surface area (Å²) in [5.74, 6) is -1.43. The molecule has 0 unspecified atom stereocenters. The number of rotatable bonds is 7. The van der Waals surface area contributed by atoms with Crippen molar-refractivity contribution < 1.29 is 31.5 Å². The molecule has 1 aromatic carbocycles. The van der Waals surface area contributed by atoms with Crippen molar-refractivity contribution in [1.82, 2.24) is 9.55 Å². The van der Waals surface area contributed by atoms with Crippen LogP contribution in [0.1, 0.15) is 19.2 Å².